The summed E-state index contributed by atoms with van der Waals surface area (Å²) in [5.41, 5.74) is 3.82. The molecule has 0 radical (unpaired) electrons. The molecule has 0 spiro atoms. The van der Waals surface area contributed by atoms with E-state index in [-0.39, 0.29) is 85.4 Å². The quantitative estimate of drug-likeness (QED) is 0.0361. The highest BCUT2D eigenvalue weighted by molar-refractivity contribution is 7.88. The number of carbonyl (C=O) groups excluding carboxylic acids is 7. The molecule has 5 aliphatic rings. The minimum atomic E-state index is -4.27. The maximum absolute atomic E-state index is 14.2. The number of aliphatic hydroxyl groups excluding tert-OH is 1. The van der Waals surface area contributed by atoms with Crippen molar-refractivity contribution in [3.8, 4) is 23.0 Å². The summed E-state index contributed by atoms with van der Waals surface area (Å²) in [6, 6.07) is 9.59. The van der Waals surface area contributed by atoms with Gasteiger partial charge in [0.15, 0.2) is 29.2 Å². The topological polar surface area (TPSA) is 321 Å². The number of nitrogens with zero attached hydrogens (tertiary/aromatic N) is 4. The van der Waals surface area contributed by atoms with Crippen molar-refractivity contribution < 1.29 is 80.2 Å². The van der Waals surface area contributed by atoms with E-state index in [1.807, 2.05) is 38.6 Å². The van der Waals surface area contributed by atoms with Crippen LogP contribution in [-0.4, -0.2) is 155 Å². The normalized spacial score (nSPS) is 20.4. The molecule has 3 aromatic carbocycles. The summed E-state index contributed by atoms with van der Waals surface area (Å²) in [7, 11) is -1.32. The smallest absolute Gasteiger partial charge is 0.422 e. The van der Waals surface area contributed by atoms with Crippen molar-refractivity contribution in [3.05, 3.63) is 88.8 Å². The molecule has 27 heteroatoms. The first-order valence-electron chi connectivity index (χ1n) is 30.5. The number of unbranched alkanes of at least 4 members (excludes halogenated alkanes) is 2. The van der Waals surface area contributed by atoms with Gasteiger partial charge in [-0.05, 0) is 101 Å². The van der Waals surface area contributed by atoms with E-state index >= 15 is 0 Å². The number of aliphatic hydroxyl groups is 1. The van der Waals surface area contributed by atoms with Gasteiger partial charge in [-0.25, -0.2) is 19.2 Å². The molecule has 1 aliphatic carbocycles. The Bertz CT molecular complexity index is 3340. The zero-order valence-electron chi connectivity index (χ0n) is 52.3. The van der Waals surface area contributed by atoms with Crippen molar-refractivity contribution in [2.45, 2.75) is 149 Å². The summed E-state index contributed by atoms with van der Waals surface area (Å²) in [5.74, 6) is -1.17. The Morgan fingerprint density at radius 3 is 2.02 bits per heavy atom. The average Bonchev–Trinajstić information content (AvgIpc) is 1.62. The Balaban J connectivity index is 0.791. The third-order valence-electron chi connectivity index (χ3n) is 16.1. The highest BCUT2D eigenvalue weighted by atomic mass is 32.2. The van der Waals surface area contributed by atoms with Crippen LogP contribution in [0.4, 0.5) is 26.7 Å². The van der Waals surface area contributed by atoms with Gasteiger partial charge in [-0.2, -0.15) is 13.1 Å². The van der Waals surface area contributed by atoms with Crippen molar-refractivity contribution in [1.29, 1.82) is 0 Å². The fraction of sp³-hybridized carbons (Fsp3) is 0.524. The SMILES string of the molecule is CCC[C@@H]1C(OC(=O)NS(=O)(=O)NCCOCC(=O)N[C@H](C(=O)N[C@@H](C)C(=O)Nc2ccc(COC(=O)N3c4cc(OCCCCCOc5cc6c(cc5OC)C(=O)N5C=C(C)C[C@H]5C=N6)c(OC)cc4C(=O)N4C=C(C)C[C@H]4[C@@H]3O)cc2)C(C)C)[C@@H]1CCC. The zero-order chi connectivity index (χ0) is 65.0. The number of benzene rings is 3. The molecule has 6 N–H and O–H groups in total. The summed E-state index contributed by atoms with van der Waals surface area (Å²) in [4.78, 5) is 102. The van der Waals surface area contributed by atoms with Gasteiger partial charge in [0.25, 0.3) is 11.8 Å². The lowest BCUT2D eigenvalue weighted by Crippen LogP contribution is -2.54. The number of hydrogen-bond donors (Lipinski definition) is 6. The molecule has 26 nitrogen and oxygen atoms in total. The molecule has 0 bridgehead atoms. The first-order valence-corrected chi connectivity index (χ1v) is 32.0. The van der Waals surface area contributed by atoms with E-state index in [0.717, 1.165) is 48.2 Å². The van der Waals surface area contributed by atoms with E-state index in [2.05, 4.69) is 25.7 Å². The molecule has 8 atom stereocenters. The minimum absolute atomic E-state index is 0.0473. The van der Waals surface area contributed by atoms with E-state index in [0.29, 0.717) is 59.9 Å². The summed E-state index contributed by atoms with van der Waals surface area (Å²) < 4.78 is 69.0. The molecule has 0 saturated heterocycles. The predicted octanol–water partition coefficient (Wildman–Crippen LogP) is 7.14. The van der Waals surface area contributed by atoms with Crippen LogP contribution in [0.3, 0.4) is 0 Å². The second-order valence-corrected chi connectivity index (χ2v) is 24.9. The van der Waals surface area contributed by atoms with Crippen molar-refractivity contribution in [1.82, 2.24) is 29.9 Å². The van der Waals surface area contributed by atoms with Gasteiger partial charge in [-0.15, -0.1) is 0 Å². The van der Waals surface area contributed by atoms with Crippen molar-refractivity contribution in [2.24, 2.45) is 22.7 Å². The summed E-state index contributed by atoms with van der Waals surface area (Å²) >= 11 is 0. The third kappa shape index (κ3) is 16.8. The van der Waals surface area contributed by atoms with Crippen LogP contribution in [0.1, 0.15) is 133 Å². The molecule has 3 aromatic rings. The van der Waals surface area contributed by atoms with Gasteiger partial charge < -0.3 is 64.0 Å². The maximum atomic E-state index is 14.2. The van der Waals surface area contributed by atoms with Gasteiger partial charge in [-0.3, -0.25) is 29.0 Å². The standard InChI is InChI=1S/C63H83N9O17S/c1-10-15-43-44(16-11-2)56(43)89-62(79)69-90(81,82)65-21-24-85-35-54(73)68-55(36(3)4)58(75)66-39(7)57(74)67-41-19-17-40(18-20-41)34-88-63(80)72-48-30-53(51(84-9)28-46(48)60(77)71-33-38(6)26-49(71)61(72)78)87-23-14-12-13-22-86-52-29-47-45(27-50(52)83-8)59(76)70-32-37(5)25-42(70)31-64-47/h17-20,27-33,36,39,42-44,49,55-56,61,65,78H,10-16,21-26,34-35H2,1-9H3,(H,66,75)(H,67,74)(H,68,73)(H,69,79)/t39-,42-,43-,44+,49-,55-,56?,61-/m0/s1. The number of ether oxygens (including phenoxy) is 7. The molecule has 488 valence electrons. The Kier molecular flexibility index (Phi) is 22.9. The van der Waals surface area contributed by atoms with Crippen LogP contribution in [0.15, 0.2) is 77.1 Å². The predicted molar refractivity (Wildman–Crippen MR) is 332 cm³/mol. The van der Waals surface area contributed by atoms with Gasteiger partial charge >= 0.3 is 22.4 Å². The number of carbonyl (C=O) groups is 7. The van der Waals surface area contributed by atoms with Gasteiger partial charge in [0.1, 0.15) is 31.4 Å². The number of amides is 7. The number of aliphatic imine (C=N–C) groups is 1. The molecule has 7 amide bonds. The second-order valence-electron chi connectivity index (χ2n) is 23.4. The Labute approximate surface area is 524 Å². The van der Waals surface area contributed by atoms with Gasteiger partial charge in [0.05, 0.1) is 68.6 Å². The second kappa shape index (κ2) is 30.5. The van der Waals surface area contributed by atoms with Gasteiger partial charge in [0, 0.05) is 54.8 Å². The minimum Gasteiger partial charge on any atom is -0.493 e. The van der Waals surface area contributed by atoms with E-state index in [1.165, 1.54) is 38.2 Å². The number of methoxy groups -OCH3 is 2. The first-order chi connectivity index (χ1) is 43.0. The van der Waals surface area contributed by atoms with E-state index in [9.17, 15) is 47.1 Å². The summed E-state index contributed by atoms with van der Waals surface area (Å²) in [6.07, 6.45) is 7.95. The number of hydrogen-bond acceptors (Lipinski definition) is 18. The number of nitrogens with one attached hydrogen (secondary N) is 5. The highest BCUT2D eigenvalue weighted by Gasteiger charge is 2.52. The van der Waals surface area contributed by atoms with Crippen molar-refractivity contribution in [2.75, 3.05) is 57.4 Å². The number of anilines is 2. The van der Waals surface area contributed by atoms with Crippen LogP contribution in [0.5, 0.6) is 23.0 Å². The van der Waals surface area contributed by atoms with Crippen molar-refractivity contribution >= 4 is 75.2 Å². The molecule has 4 aliphatic heterocycles. The van der Waals surface area contributed by atoms with Crippen LogP contribution < -0.4 is 49.2 Å². The molecule has 0 aromatic heterocycles. The fourth-order valence-electron chi connectivity index (χ4n) is 11.4. The largest absolute Gasteiger partial charge is 0.493 e. The maximum Gasteiger partial charge on any atom is 0.422 e. The molecule has 1 saturated carbocycles. The highest BCUT2D eigenvalue weighted by Crippen LogP contribution is 2.48. The third-order valence-corrected chi connectivity index (χ3v) is 17.1. The Morgan fingerprint density at radius 1 is 0.756 bits per heavy atom. The first kappa shape index (κ1) is 67.7. The molecule has 4 heterocycles. The lowest BCUT2D eigenvalue weighted by atomic mass is 10.0. The van der Waals surface area contributed by atoms with Gasteiger partial charge in [0.2, 0.25) is 17.7 Å². The van der Waals surface area contributed by atoms with E-state index in [1.54, 1.807) is 67.6 Å². The van der Waals surface area contributed by atoms with Crippen LogP contribution in [-0.2, 0) is 45.4 Å². The average molecular weight is 1270 g/mol. The zero-order valence-corrected chi connectivity index (χ0v) is 53.1. The lowest BCUT2D eigenvalue weighted by molar-refractivity contribution is -0.133. The Hall–Kier alpha value is -8.27. The van der Waals surface area contributed by atoms with E-state index in [4.69, 9.17) is 33.2 Å². The molecule has 1 unspecified atom stereocenters. The monoisotopic (exact) mass is 1270 g/mol. The lowest BCUT2D eigenvalue weighted by Gasteiger charge is -2.31. The molecule has 90 heavy (non-hydrogen) atoms. The summed E-state index contributed by atoms with van der Waals surface area (Å²) in [5, 5.41) is 19.9. The van der Waals surface area contributed by atoms with Crippen LogP contribution in [0.25, 0.3) is 0 Å². The fourth-order valence-corrected chi connectivity index (χ4v) is 12.1. The Morgan fingerprint density at radius 2 is 1.38 bits per heavy atom. The summed E-state index contributed by atoms with van der Waals surface area (Å²) in [6.45, 7) is 12.0. The molecular weight excluding hydrogens is 1190 g/mol. The number of rotatable bonds is 30. The van der Waals surface area contributed by atoms with Crippen LogP contribution >= 0.6 is 0 Å². The van der Waals surface area contributed by atoms with E-state index < -0.39 is 82.9 Å². The van der Waals surface area contributed by atoms with Crippen LogP contribution in [0, 0.1) is 17.8 Å². The molecule has 8 rings (SSSR count). The van der Waals surface area contributed by atoms with Crippen molar-refractivity contribution in [3.63, 3.8) is 0 Å². The van der Waals surface area contributed by atoms with Gasteiger partial charge in [-0.1, -0.05) is 63.8 Å². The molecular formula is C63H83N9O17S. The van der Waals surface area contributed by atoms with Crippen LogP contribution in [0.2, 0.25) is 0 Å². The number of fused-ring (bicyclic) bond motifs is 4. The molecule has 1 fully saturated rings.